The van der Waals surface area contributed by atoms with E-state index in [4.69, 9.17) is 17.0 Å². The van der Waals surface area contributed by atoms with Crippen LogP contribution in [0.5, 0.6) is 5.75 Å². The van der Waals surface area contributed by atoms with Crippen LogP contribution in [0.1, 0.15) is 25.5 Å². The Balaban J connectivity index is 1.88. The second-order valence-electron chi connectivity index (χ2n) is 5.22. The molecule has 0 bridgehead atoms. The lowest BCUT2D eigenvalue weighted by Gasteiger charge is -2.10. The lowest BCUT2D eigenvalue weighted by Crippen LogP contribution is -2.09. The fourth-order valence-corrected chi connectivity index (χ4v) is 3.59. The van der Waals surface area contributed by atoms with Gasteiger partial charge in [-0.25, -0.2) is 9.97 Å². The van der Waals surface area contributed by atoms with Crippen LogP contribution in [0.25, 0.3) is 0 Å². The highest BCUT2D eigenvalue weighted by Crippen LogP contribution is 2.21. The van der Waals surface area contributed by atoms with Crippen molar-refractivity contribution in [3.8, 4) is 5.75 Å². The Morgan fingerprint density at radius 3 is 2.68 bits per heavy atom. The van der Waals surface area contributed by atoms with Gasteiger partial charge in [-0.2, -0.15) is 0 Å². The van der Waals surface area contributed by atoms with Gasteiger partial charge in [0, 0.05) is 35.1 Å². The number of ether oxygens (including phenoxy) is 1. The van der Waals surface area contributed by atoms with Gasteiger partial charge in [0.2, 0.25) is 0 Å². The fraction of sp³-hybridized carbons (Fsp3) is 0.353. The number of hydrogen-bond acceptors (Lipinski definition) is 7. The molecule has 0 aliphatic carbocycles. The molecule has 134 valence electrons. The highest BCUT2D eigenvalue weighted by molar-refractivity contribution is 8.24. The molecule has 0 atom stereocenters. The molecule has 5 nitrogen and oxygen atoms in total. The van der Waals surface area contributed by atoms with E-state index in [0.717, 1.165) is 40.3 Å². The molecule has 1 aromatic heterocycles. The van der Waals surface area contributed by atoms with Gasteiger partial charge in [-0.3, -0.25) is 0 Å². The second kappa shape index (κ2) is 10.5. The molecule has 0 saturated carbocycles. The third-order valence-electron chi connectivity index (χ3n) is 3.14. The second-order valence-corrected chi connectivity index (χ2v) is 7.77. The number of thiocarbonyl (C=S) groups is 1. The maximum atomic E-state index is 5.37. The number of anilines is 2. The molecule has 1 aromatic carbocycles. The first-order valence-electron chi connectivity index (χ1n) is 7.97. The van der Waals surface area contributed by atoms with Crippen molar-refractivity contribution in [2.75, 3.05) is 22.9 Å². The van der Waals surface area contributed by atoms with Gasteiger partial charge in [-0.15, -0.1) is 0 Å². The number of hydrogen-bond donors (Lipinski definition) is 2. The third kappa shape index (κ3) is 7.09. The van der Waals surface area contributed by atoms with E-state index in [1.807, 2.05) is 37.3 Å². The van der Waals surface area contributed by atoms with Crippen LogP contribution >= 0.6 is 35.9 Å². The molecular weight excluding hydrogens is 372 g/mol. The molecule has 0 saturated heterocycles. The van der Waals surface area contributed by atoms with Crippen molar-refractivity contribution in [3.05, 3.63) is 36.0 Å². The Labute approximate surface area is 162 Å². The van der Waals surface area contributed by atoms with Gasteiger partial charge in [-0.1, -0.05) is 37.3 Å². The number of nitrogens with zero attached hydrogens (tertiary/aromatic N) is 2. The lowest BCUT2D eigenvalue weighted by molar-refractivity contribution is 0.415. The monoisotopic (exact) mass is 394 g/mol. The van der Waals surface area contributed by atoms with E-state index in [-0.39, 0.29) is 0 Å². The number of aryl methyl sites for hydroxylation is 1. The van der Waals surface area contributed by atoms with Gasteiger partial charge in [0.15, 0.2) is 9.48 Å². The summed E-state index contributed by atoms with van der Waals surface area (Å²) in [5.41, 5.74) is 1.87. The largest absolute Gasteiger partial charge is 0.497 e. The van der Waals surface area contributed by atoms with Gasteiger partial charge in [0.25, 0.3) is 0 Å². The van der Waals surface area contributed by atoms with Crippen LogP contribution < -0.4 is 14.8 Å². The maximum absolute atomic E-state index is 5.37. The van der Waals surface area contributed by atoms with Crippen molar-refractivity contribution in [3.63, 3.8) is 0 Å². The molecule has 0 radical (unpaired) electrons. The predicted molar refractivity (Wildman–Crippen MR) is 113 cm³/mol. The highest BCUT2D eigenvalue weighted by Gasteiger charge is 2.06. The topological polar surface area (TPSA) is 59.1 Å². The van der Waals surface area contributed by atoms with Crippen LogP contribution in [0.3, 0.4) is 0 Å². The molecule has 0 fully saturated rings. The summed E-state index contributed by atoms with van der Waals surface area (Å²) in [6, 6.07) is 9.56. The van der Waals surface area contributed by atoms with Gasteiger partial charge < -0.3 is 14.8 Å². The molecule has 25 heavy (non-hydrogen) atoms. The number of thioether (sulfide) groups is 1. The van der Waals surface area contributed by atoms with Crippen molar-refractivity contribution in [2.24, 2.45) is 0 Å². The molecule has 8 heteroatoms. The predicted octanol–water partition coefficient (Wildman–Crippen LogP) is 5.14. The SMILES string of the molecule is CCCCSc1nc(C)cc(NC(=S)SNc2ccc(OC)cc2)n1. The number of rotatable bonds is 8. The van der Waals surface area contributed by atoms with Crippen LogP contribution in [0.2, 0.25) is 0 Å². The zero-order valence-electron chi connectivity index (χ0n) is 14.5. The van der Waals surface area contributed by atoms with Gasteiger partial charge in [0.05, 0.1) is 7.11 Å². The van der Waals surface area contributed by atoms with E-state index < -0.39 is 0 Å². The van der Waals surface area contributed by atoms with Crippen molar-refractivity contribution in [1.82, 2.24) is 9.97 Å². The van der Waals surface area contributed by atoms with E-state index in [1.54, 1.807) is 18.9 Å². The van der Waals surface area contributed by atoms with Crippen LogP contribution in [0, 0.1) is 6.92 Å². The summed E-state index contributed by atoms with van der Waals surface area (Å²) in [7, 11) is 1.65. The van der Waals surface area contributed by atoms with Crippen LogP contribution in [0.4, 0.5) is 11.5 Å². The Bertz CT molecular complexity index is 695. The minimum Gasteiger partial charge on any atom is -0.497 e. The summed E-state index contributed by atoms with van der Waals surface area (Å²) in [6.45, 7) is 4.14. The minimum atomic E-state index is 0.596. The summed E-state index contributed by atoms with van der Waals surface area (Å²) in [5, 5.41) is 3.93. The third-order valence-corrected chi connectivity index (χ3v) is 5.06. The first-order chi connectivity index (χ1) is 12.1. The van der Waals surface area contributed by atoms with Crippen molar-refractivity contribution in [2.45, 2.75) is 31.8 Å². The minimum absolute atomic E-state index is 0.596. The first kappa shape index (κ1) is 19.8. The summed E-state index contributed by atoms with van der Waals surface area (Å²) in [5.74, 6) is 2.57. The summed E-state index contributed by atoms with van der Waals surface area (Å²) >= 11 is 8.38. The fourth-order valence-electron chi connectivity index (χ4n) is 1.87. The van der Waals surface area contributed by atoms with Crippen LogP contribution in [-0.4, -0.2) is 27.2 Å². The molecule has 0 spiro atoms. The summed E-state index contributed by atoms with van der Waals surface area (Å²) in [6.07, 6.45) is 2.33. The standard InChI is InChI=1S/C17H22N4OS3/c1-4-5-10-24-16-18-12(2)11-15(19-16)20-17(23)25-21-13-6-8-14(22-3)9-7-13/h6-9,11,21H,4-5,10H2,1-3H3,(H,18,19,20,23). The van der Waals surface area contributed by atoms with Gasteiger partial charge in [0.1, 0.15) is 11.6 Å². The molecule has 2 N–H and O–H groups in total. The summed E-state index contributed by atoms with van der Waals surface area (Å²) in [4.78, 5) is 8.98. The van der Waals surface area contributed by atoms with Crippen LogP contribution in [0.15, 0.2) is 35.5 Å². The van der Waals surface area contributed by atoms with E-state index in [2.05, 4.69) is 26.9 Å². The molecule has 2 rings (SSSR count). The molecule has 0 aliphatic heterocycles. The van der Waals surface area contributed by atoms with Gasteiger partial charge >= 0.3 is 0 Å². The Morgan fingerprint density at radius 2 is 2.00 bits per heavy atom. The van der Waals surface area contributed by atoms with Gasteiger partial charge in [-0.05, 0) is 37.6 Å². The average molecular weight is 395 g/mol. The normalized spacial score (nSPS) is 10.4. The zero-order chi connectivity index (χ0) is 18.1. The number of aromatic nitrogens is 2. The molecule has 1 heterocycles. The average Bonchev–Trinajstić information content (AvgIpc) is 2.60. The molecule has 0 unspecified atom stereocenters. The Kier molecular flexibility index (Phi) is 8.30. The Hall–Kier alpha value is -1.51. The quantitative estimate of drug-likeness (QED) is 0.210. The van der Waals surface area contributed by atoms with Crippen LogP contribution in [-0.2, 0) is 0 Å². The number of benzene rings is 1. The van der Waals surface area contributed by atoms with E-state index in [0.29, 0.717) is 4.32 Å². The Morgan fingerprint density at radius 1 is 1.24 bits per heavy atom. The van der Waals surface area contributed by atoms with E-state index >= 15 is 0 Å². The molecule has 2 aromatic rings. The maximum Gasteiger partial charge on any atom is 0.189 e. The number of unbranched alkanes of at least 4 members (excludes halogenated alkanes) is 1. The highest BCUT2D eigenvalue weighted by atomic mass is 32.2. The number of methoxy groups -OCH3 is 1. The van der Waals surface area contributed by atoms with E-state index in [1.165, 1.54) is 18.4 Å². The molecule has 0 aliphatic rings. The van der Waals surface area contributed by atoms with Crippen molar-refractivity contribution < 1.29 is 4.74 Å². The first-order valence-corrected chi connectivity index (χ1v) is 10.2. The van der Waals surface area contributed by atoms with E-state index in [9.17, 15) is 0 Å². The molecular formula is C17H22N4OS3. The summed E-state index contributed by atoms with van der Waals surface area (Å²) < 4.78 is 8.93. The smallest absolute Gasteiger partial charge is 0.189 e. The zero-order valence-corrected chi connectivity index (χ0v) is 17.0. The molecule has 0 amide bonds. The lowest BCUT2D eigenvalue weighted by atomic mass is 10.3. The number of nitrogens with one attached hydrogen (secondary N) is 2. The van der Waals surface area contributed by atoms with Crippen molar-refractivity contribution >= 4 is 51.8 Å². The van der Waals surface area contributed by atoms with Crippen molar-refractivity contribution in [1.29, 1.82) is 0 Å².